The van der Waals surface area contributed by atoms with E-state index < -0.39 is 0 Å². The van der Waals surface area contributed by atoms with E-state index in [9.17, 15) is 4.79 Å². The molecule has 1 N–H and O–H groups in total. The van der Waals surface area contributed by atoms with Crippen LogP contribution in [-0.4, -0.2) is 25.0 Å². The Balaban J connectivity index is 1.88. The van der Waals surface area contributed by atoms with E-state index in [4.69, 9.17) is 4.74 Å². The number of fused-ring (bicyclic) bond motifs is 1. The first-order chi connectivity index (χ1) is 10.2. The number of amides is 1. The van der Waals surface area contributed by atoms with Crippen LogP contribution in [0.2, 0.25) is 0 Å². The third-order valence-corrected chi connectivity index (χ3v) is 3.57. The molecule has 0 spiro atoms. The van der Waals surface area contributed by atoms with Crippen LogP contribution in [0.1, 0.15) is 10.4 Å². The maximum atomic E-state index is 12.5. The normalized spacial score (nSPS) is 10.6. The molecule has 3 aromatic rings. The van der Waals surface area contributed by atoms with E-state index in [1.165, 1.54) is 0 Å². The van der Waals surface area contributed by atoms with Crippen LogP contribution < -0.4 is 9.64 Å². The van der Waals surface area contributed by atoms with Gasteiger partial charge in [0.2, 0.25) is 0 Å². The molecule has 0 saturated heterocycles. The molecule has 1 aromatic heterocycles. The minimum Gasteiger partial charge on any atom is -0.497 e. The van der Waals surface area contributed by atoms with Crippen LogP contribution in [0.25, 0.3) is 10.9 Å². The third kappa shape index (κ3) is 2.48. The summed E-state index contributed by atoms with van der Waals surface area (Å²) in [6.45, 7) is 0. The van der Waals surface area contributed by atoms with Crippen LogP contribution in [0.5, 0.6) is 5.75 Å². The van der Waals surface area contributed by atoms with Crippen LogP contribution >= 0.6 is 0 Å². The summed E-state index contributed by atoms with van der Waals surface area (Å²) in [5.74, 6) is 0.726. The number of methoxy groups -OCH3 is 1. The fourth-order valence-electron chi connectivity index (χ4n) is 2.30. The Morgan fingerprint density at radius 1 is 1.10 bits per heavy atom. The van der Waals surface area contributed by atoms with E-state index in [0.717, 1.165) is 22.3 Å². The van der Waals surface area contributed by atoms with Gasteiger partial charge in [-0.25, -0.2) is 0 Å². The van der Waals surface area contributed by atoms with Crippen molar-refractivity contribution in [3.63, 3.8) is 0 Å². The number of rotatable bonds is 3. The SMILES string of the molecule is COc1ccc(N(C)C(=O)c2ccc3cc[nH]c3c2)cc1. The fourth-order valence-corrected chi connectivity index (χ4v) is 2.30. The maximum Gasteiger partial charge on any atom is 0.258 e. The van der Waals surface area contributed by atoms with Gasteiger partial charge >= 0.3 is 0 Å². The standard InChI is InChI=1S/C17H16N2O2/c1-19(14-5-7-15(21-2)8-6-14)17(20)13-4-3-12-9-10-18-16(12)11-13/h3-11,18H,1-2H3. The van der Waals surface area contributed by atoms with Crippen LogP contribution in [0, 0.1) is 0 Å². The zero-order valence-electron chi connectivity index (χ0n) is 12.0. The Morgan fingerprint density at radius 2 is 1.86 bits per heavy atom. The van der Waals surface area contributed by atoms with Gasteiger partial charge in [0.25, 0.3) is 5.91 Å². The summed E-state index contributed by atoms with van der Waals surface area (Å²) in [5.41, 5.74) is 2.44. The highest BCUT2D eigenvalue weighted by molar-refractivity contribution is 6.07. The summed E-state index contributed by atoms with van der Waals surface area (Å²) in [5, 5.41) is 1.10. The predicted octanol–water partition coefficient (Wildman–Crippen LogP) is 3.45. The summed E-state index contributed by atoms with van der Waals surface area (Å²) in [6, 6.07) is 15.1. The average molecular weight is 280 g/mol. The van der Waals surface area contributed by atoms with Crippen molar-refractivity contribution in [2.45, 2.75) is 0 Å². The van der Waals surface area contributed by atoms with Gasteiger partial charge in [0, 0.05) is 30.0 Å². The lowest BCUT2D eigenvalue weighted by Crippen LogP contribution is -2.26. The first-order valence-electron chi connectivity index (χ1n) is 6.68. The lowest BCUT2D eigenvalue weighted by atomic mass is 10.1. The summed E-state index contributed by atoms with van der Waals surface area (Å²) in [4.78, 5) is 17.3. The van der Waals surface area contributed by atoms with E-state index in [-0.39, 0.29) is 5.91 Å². The van der Waals surface area contributed by atoms with Gasteiger partial charge in [-0.05, 0) is 47.9 Å². The molecule has 2 aromatic carbocycles. The second kappa shape index (κ2) is 5.32. The second-order valence-corrected chi connectivity index (χ2v) is 4.84. The monoisotopic (exact) mass is 280 g/mol. The molecular weight excluding hydrogens is 264 g/mol. The third-order valence-electron chi connectivity index (χ3n) is 3.57. The highest BCUT2D eigenvalue weighted by Crippen LogP contribution is 2.21. The summed E-state index contributed by atoms with van der Waals surface area (Å²) < 4.78 is 5.13. The highest BCUT2D eigenvalue weighted by atomic mass is 16.5. The highest BCUT2D eigenvalue weighted by Gasteiger charge is 2.14. The Kier molecular flexibility index (Phi) is 3.36. The zero-order valence-corrected chi connectivity index (χ0v) is 12.0. The number of nitrogens with zero attached hydrogens (tertiary/aromatic N) is 1. The molecule has 106 valence electrons. The number of nitrogens with one attached hydrogen (secondary N) is 1. The van der Waals surface area contributed by atoms with Crippen molar-refractivity contribution < 1.29 is 9.53 Å². The van der Waals surface area contributed by atoms with E-state index >= 15 is 0 Å². The van der Waals surface area contributed by atoms with Gasteiger partial charge in [0.05, 0.1) is 7.11 Å². The number of aromatic nitrogens is 1. The molecule has 0 aliphatic heterocycles. The molecule has 4 nitrogen and oxygen atoms in total. The van der Waals surface area contributed by atoms with Crippen molar-refractivity contribution in [2.75, 3.05) is 19.1 Å². The van der Waals surface area contributed by atoms with Crippen molar-refractivity contribution in [2.24, 2.45) is 0 Å². The van der Waals surface area contributed by atoms with Gasteiger partial charge in [-0.1, -0.05) is 6.07 Å². The van der Waals surface area contributed by atoms with Gasteiger partial charge in [0.1, 0.15) is 5.75 Å². The second-order valence-electron chi connectivity index (χ2n) is 4.84. The molecule has 0 fully saturated rings. The zero-order chi connectivity index (χ0) is 14.8. The van der Waals surface area contributed by atoms with E-state index in [2.05, 4.69) is 4.98 Å². The van der Waals surface area contributed by atoms with Gasteiger partial charge in [-0.2, -0.15) is 0 Å². The van der Waals surface area contributed by atoms with Gasteiger partial charge < -0.3 is 14.6 Å². The summed E-state index contributed by atoms with van der Waals surface area (Å²) in [6.07, 6.45) is 1.87. The number of anilines is 1. The van der Waals surface area contributed by atoms with Crippen molar-refractivity contribution in [1.29, 1.82) is 0 Å². The number of hydrogen-bond acceptors (Lipinski definition) is 2. The number of aromatic amines is 1. The summed E-state index contributed by atoms with van der Waals surface area (Å²) in [7, 11) is 3.39. The number of benzene rings is 2. The molecule has 1 amide bonds. The fraction of sp³-hybridized carbons (Fsp3) is 0.118. The number of hydrogen-bond donors (Lipinski definition) is 1. The minimum absolute atomic E-state index is 0.0448. The molecular formula is C17H16N2O2. The molecule has 3 rings (SSSR count). The molecule has 0 saturated carbocycles. The Labute approximate surface area is 123 Å². The molecule has 0 radical (unpaired) electrons. The van der Waals surface area contributed by atoms with E-state index in [1.807, 2.05) is 54.7 Å². The van der Waals surface area contributed by atoms with Crippen LogP contribution in [-0.2, 0) is 0 Å². The number of carbonyl (C=O) groups excluding carboxylic acids is 1. The van der Waals surface area contributed by atoms with Gasteiger partial charge in [0.15, 0.2) is 0 Å². The quantitative estimate of drug-likeness (QED) is 0.798. The molecule has 0 bridgehead atoms. The molecule has 21 heavy (non-hydrogen) atoms. The van der Waals surface area contributed by atoms with E-state index in [1.54, 1.807) is 19.1 Å². The first kappa shape index (κ1) is 13.2. The number of ether oxygens (including phenoxy) is 1. The Bertz CT molecular complexity index is 775. The molecule has 0 atom stereocenters. The molecule has 1 heterocycles. The average Bonchev–Trinajstić information content (AvgIpc) is 3.01. The van der Waals surface area contributed by atoms with Crippen LogP contribution in [0.15, 0.2) is 54.7 Å². The van der Waals surface area contributed by atoms with Crippen molar-refractivity contribution in [3.8, 4) is 5.75 Å². The summed E-state index contributed by atoms with van der Waals surface area (Å²) >= 11 is 0. The largest absolute Gasteiger partial charge is 0.497 e. The van der Waals surface area contributed by atoms with Crippen molar-refractivity contribution >= 4 is 22.5 Å². The topological polar surface area (TPSA) is 45.3 Å². The molecule has 4 heteroatoms. The minimum atomic E-state index is -0.0448. The first-order valence-corrected chi connectivity index (χ1v) is 6.68. The smallest absolute Gasteiger partial charge is 0.258 e. The van der Waals surface area contributed by atoms with Gasteiger partial charge in [-0.3, -0.25) is 4.79 Å². The number of carbonyl (C=O) groups is 1. The molecule has 0 unspecified atom stereocenters. The van der Waals surface area contributed by atoms with Crippen LogP contribution in [0.4, 0.5) is 5.69 Å². The van der Waals surface area contributed by atoms with Gasteiger partial charge in [-0.15, -0.1) is 0 Å². The Hall–Kier alpha value is -2.75. The van der Waals surface area contributed by atoms with Crippen LogP contribution in [0.3, 0.4) is 0 Å². The number of H-pyrrole nitrogens is 1. The van der Waals surface area contributed by atoms with E-state index in [0.29, 0.717) is 5.56 Å². The molecule has 0 aliphatic rings. The lowest BCUT2D eigenvalue weighted by Gasteiger charge is -2.17. The van der Waals surface area contributed by atoms with Crippen molar-refractivity contribution in [3.05, 3.63) is 60.3 Å². The molecule has 0 aliphatic carbocycles. The lowest BCUT2D eigenvalue weighted by molar-refractivity contribution is 0.0993. The Morgan fingerprint density at radius 3 is 2.57 bits per heavy atom. The van der Waals surface area contributed by atoms with Crippen molar-refractivity contribution in [1.82, 2.24) is 4.98 Å². The maximum absolute atomic E-state index is 12.5. The predicted molar refractivity (Wildman–Crippen MR) is 84.0 cm³/mol.